The standard InChI is InChI=1S/C25H32ClFN2O2S/c1-25(2,18-26)24(31)29(21-7-4-3-5-8-21)17-23(30)28(16-22-9-6-14-32-22)15-19-10-12-20(27)13-11-19/h6,9-14,21H,3-5,7-8,15-18H2,1-2H3. The second-order valence-electron chi connectivity index (χ2n) is 9.20. The third-order valence-electron chi connectivity index (χ3n) is 6.06. The molecule has 174 valence electrons. The van der Waals surface area contributed by atoms with Crippen LogP contribution in [0, 0.1) is 11.2 Å². The SMILES string of the molecule is CC(C)(CCl)C(=O)N(CC(=O)N(Cc1ccc(F)cc1)Cc1cccs1)C1CCCCC1. The van der Waals surface area contributed by atoms with Gasteiger partial charge in [0.15, 0.2) is 0 Å². The van der Waals surface area contributed by atoms with Crippen LogP contribution in [0.15, 0.2) is 41.8 Å². The highest BCUT2D eigenvalue weighted by Crippen LogP contribution is 2.28. The lowest BCUT2D eigenvalue weighted by molar-refractivity contribution is -0.149. The Morgan fingerprint density at radius 1 is 1.09 bits per heavy atom. The van der Waals surface area contributed by atoms with E-state index in [1.54, 1.807) is 33.3 Å². The predicted molar refractivity (Wildman–Crippen MR) is 128 cm³/mol. The van der Waals surface area contributed by atoms with Crippen LogP contribution in [0.25, 0.3) is 0 Å². The van der Waals surface area contributed by atoms with Crippen LogP contribution in [-0.4, -0.2) is 40.1 Å². The zero-order chi connectivity index (χ0) is 23.1. The summed E-state index contributed by atoms with van der Waals surface area (Å²) in [6.07, 6.45) is 5.14. The van der Waals surface area contributed by atoms with Crippen molar-refractivity contribution in [2.24, 2.45) is 5.41 Å². The molecule has 0 radical (unpaired) electrons. The molecule has 2 aromatic rings. The highest BCUT2D eigenvalue weighted by atomic mass is 35.5. The molecule has 1 aromatic carbocycles. The summed E-state index contributed by atoms with van der Waals surface area (Å²) >= 11 is 7.70. The van der Waals surface area contributed by atoms with Crippen molar-refractivity contribution in [3.05, 3.63) is 58.0 Å². The number of hydrogen-bond acceptors (Lipinski definition) is 3. The third-order valence-corrected chi connectivity index (χ3v) is 7.59. The maximum atomic E-state index is 13.5. The zero-order valence-electron chi connectivity index (χ0n) is 18.9. The Bertz CT molecular complexity index is 880. The molecule has 1 saturated carbocycles. The van der Waals surface area contributed by atoms with Crippen LogP contribution in [0.4, 0.5) is 4.39 Å². The summed E-state index contributed by atoms with van der Waals surface area (Å²) in [7, 11) is 0. The van der Waals surface area contributed by atoms with Crippen LogP contribution in [0.5, 0.6) is 0 Å². The molecule has 0 spiro atoms. The molecule has 0 atom stereocenters. The smallest absolute Gasteiger partial charge is 0.242 e. The van der Waals surface area contributed by atoms with E-state index >= 15 is 0 Å². The number of benzene rings is 1. The maximum Gasteiger partial charge on any atom is 0.242 e. The van der Waals surface area contributed by atoms with E-state index in [-0.39, 0.29) is 36.1 Å². The molecule has 0 unspecified atom stereocenters. The number of nitrogens with zero attached hydrogens (tertiary/aromatic N) is 2. The fraction of sp³-hybridized carbons (Fsp3) is 0.520. The Labute approximate surface area is 199 Å². The second-order valence-corrected chi connectivity index (χ2v) is 10.5. The number of carbonyl (C=O) groups is 2. The van der Waals surface area contributed by atoms with Crippen molar-refractivity contribution in [1.29, 1.82) is 0 Å². The van der Waals surface area contributed by atoms with Crippen molar-refractivity contribution >= 4 is 34.8 Å². The first-order valence-electron chi connectivity index (χ1n) is 11.2. The van der Waals surface area contributed by atoms with Crippen LogP contribution >= 0.6 is 22.9 Å². The highest BCUT2D eigenvalue weighted by Gasteiger charge is 2.37. The number of rotatable bonds is 9. The minimum atomic E-state index is -0.727. The first kappa shape index (κ1) is 24.7. The lowest BCUT2D eigenvalue weighted by Gasteiger charge is -2.39. The first-order chi connectivity index (χ1) is 15.3. The molecule has 0 aliphatic heterocycles. The zero-order valence-corrected chi connectivity index (χ0v) is 20.4. The average Bonchev–Trinajstić information content (AvgIpc) is 3.31. The molecule has 1 aliphatic carbocycles. The minimum Gasteiger partial charge on any atom is -0.332 e. The summed E-state index contributed by atoms with van der Waals surface area (Å²) in [4.78, 5) is 31.5. The van der Waals surface area contributed by atoms with Gasteiger partial charge in [-0.25, -0.2) is 4.39 Å². The fourth-order valence-electron chi connectivity index (χ4n) is 4.08. The Hall–Kier alpha value is -1.92. The quantitative estimate of drug-likeness (QED) is 0.424. The van der Waals surface area contributed by atoms with Gasteiger partial charge in [0.2, 0.25) is 11.8 Å². The van der Waals surface area contributed by atoms with Crippen LogP contribution in [0.1, 0.15) is 56.4 Å². The van der Waals surface area contributed by atoms with Gasteiger partial charge < -0.3 is 9.80 Å². The average molecular weight is 479 g/mol. The van der Waals surface area contributed by atoms with Gasteiger partial charge in [0.1, 0.15) is 12.4 Å². The maximum absolute atomic E-state index is 13.5. The molecular weight excluding hydrogens is 447 g/mol. The predicted octanol–water partition coefficient (Wildman–Crippen LogP) is 5.84. The van der Waals surface area contributed by atoms with E-state index in [1.165, 1.54) is 18.6 Å². The molecule has 1 aromatic heterocycles. The molecule has 4 nitrogen and oxygen atoms in total. The molecule has 3 rings (SSSR count). The molecular formula is C25H32ClFN2O2S. The topological polar surface area (TPSA) is 40.6 Å². The molecule has 1 fully saturated rings. The van der Waals surface area contributed by atoms with Gasteiger partial charge in [-0.15, -0.1) is 22.9 Å². The highest BCUT2D eigenvalue weighted by molar-refractivity contribution is 7.09. The largest absolute Gasteiger partial charge is 0.332 e. The normalized spacial score (nSPS) is 14.9. The lowest BCUT2D eigenvalue weighted by atomic mass is 9.89. The Kier molecular flexibility index (Phi) is 8.72. The molecule has 7 heteroatoms. The number of alkyl halides is 1. The van der Waals surface area contributed by atoms with Gasteiger partial charge in [-0.3, -0.25) is 9.59 Å². The monoisotopic (exact) mass is 478 g/mol. The van der Waals surface area contributed by atoms with E-state index in [9.17, 15) is 14.0 Å². The van der Waals surface area contributed by atoms with Crippen LogP contribution in [0.3, 0.4) is 0 Å². The summed E-state index contributed by atoms with van der Waals surface area (Å²) in [5, 5.41) is 1.98. The van der Waals surface area contributed by atoms with E-state index in [0.717, 1.165) is 36.1 Å². The number of hydrogen-bond donors (Lipinski definition) is 0. The van der Waals surface area contributed by atoms with E-state index in [4.69, 9.17) is 11.6 Å². The van der Waals surface area contributed by atoms with Crippen molar-refractivity contribution in [3.8, 4) is 0 Å². The van der Waals surface area contributed by atoms with E-state index in [0.29, 0.717) is 13.1 Å². The van der Waals surface area contributed by atoms with Gasteiger partial charge >= 0.3 is 0 Å². The van der Waals surface area contributed by atoms with Crippen LogP contribution in [0.2, 0.25) is 0 Å². The van der Waals surface area contributed by atoms with Gasteiger partial charge in [0.05, 0.1) is 12.0 Å². The second kappa shape index (κ2) is 11.3. The summed E-state index contributed by atoms with van der Waals surface area (Å²) in [5.41, 5.74) is 0.127. The van der Waals surface area contributed by atoms with Crippen molar-refractivity contribution in [2.75, 3.05) is 12.4 Å². The van der Waals surface area contributed by atoms with Gasteiger partial charge in [0, 0.05) is 23.3 Å². The van der Waals surface area contributed by atoms with Gasteiger partial charge in [-0.1, -0.05) is 37.5 Å². The Morgan fingerprint density at radius 3 is 2.38 bits per heavy atom. The first-order valence-corrected chi connectivity index (χ1v) is 12.6. The lowest BCUT2D eigenvalue weighted by Crippen LogP contribution is -2.52. The molecule has 1 aliphatic rings. The Morgan fingerprint density at radius 2 is 1.78 bits per heavy atom. The van der Waals surface area contributed by atoms with Gasteiger partial charge in [-0.05, 0) is 55.8 Å². The van der Waals surface area contributed by atoms with Crippen molar-refractivity contribution < 1.29 is 14.0 Å². The fourth-order valence-corrected chi connectivity index (χ4v) is 4.92. The van der Waals surface area contributed by atoms with Crippen molar-refractivity contribution in [1.82, 2.24) is 9.80 Å². The van der Waals surface area contributed by atoms with E-state index < -0.39 is 5.41 Å². The van der Waals surface area contributed by atoms with E-state index in [1.807, 2.05) is 31.4 Å². The number of thiophene rings is 1. The molecule has 0 N–H and O–H groups in total. The minimum absolute atomic E-state index is 0.0381. The molecule has 0 saturated heterocycles. The van der Waals surface area contributed by atoms with Gasteiger partial charge in [0.25, 0.3) is 0 Å². The molecule has 1 heterocycles. The number of amides is 2. The molecule has 2 amide bonds. The summed E-state index contributed by atoms with van der Waals surface area (Å²) in [6.45, 7) is 4.54. The van der Waals surface area contributed by atoms with Crippen molar-refractivity contribution in [3.63, 3.8) is 0 Å². The van der Waals surface area contributed by atoms with Gasteiger partial charge in [-0.2, -0.15) is 0 Å². The van der Waals surface area contributed by atoms with E-state index in [2.05, 4.69) is 0 Å². The van der Waals surface area contributed by atoms with Crippen LogP contribution < -0.4 is 0 Å². The summed E-state index contributed by atoms with van der Waals surface area (Å²) in [5.74, 6) is -0.266. The third kappa shape index (κ3) is 6.55. The summed E-state index contributed by atoms with van der Waals surface area (Å²) < 4.78 is 13.4. The summed E-state index contributed by atoms with van der Waals surface area (Å²) in [6, 6.07) is 10.2. The Balaban J connectivity index is 1.82. The van der Waals surface area contributed by atoms with Crippen molar-refractivity contribution in [2.45, 2.75) is 65.1 Å². The number of halogens is 2. The molecule has 0 bridgehead atoms. The molecule has 32 heavy (non-hydrogen) atoms. The number of carbonyl (C=O) groups excluding carboxylic acids is 2. The van der Waals surface area contributed by atoms with Crippen LogP contribution in [-0.2, 0) is 22.7 Å².